The molecule has 0 saturated carbocycles. The smallest absolute Gasteiger partial charge is 0.319 e. The fourth-order valence-corrected chi connectivity index (χ4v) is 4.96. The zero-order chi connectivity index (χ0) is 31.9. The highest BCUT2D eigenvalue weighted by molar-refractivity contribution is 6.38. The van der Waals surface area contributed by atoms with Crippen molar-refractivity contribution >= 4 is 69.0 Å². The number of hydrogen-bond donors (Lipinski definition) is 3. The number of anilines is 3. The molecule has 0 aliphatic rings. The van der Waals surface area contributed by atoms with Crippen molar-refractivity contribution in [1.29, 1.82) is 0 Å². The summed E-state index contributed by atoms with van der Waals surface area (Å²) in [5.74, 6) is -0.266. The molecule has 0 atom stereocenters. The Morgan fingerprint density at radius 1 is 0.911 bits per heavy atom. The number of aromatic nitrogens is 3. The van der Waals surface area contributed by atoms with Crippen LogP contribution < -0.4 is 25.6 Å². The Bertz CT molecular complexity index is 1890. The molecule has 0 fully saturated rings. The van der Waals surface area contributed by atoms with Crippen molar-refractivity contribution in [3.8, 4) is 5.75 Å². The standard InChI is InChI=1S/C32H27Cl2N7O4/c1-19-9-10-20-5-4-8-27(30(20)38-19)45-17-24-25(33)11-12-26(29(24)34)41(2)28(42)16-37-32(44)40-22-7-3-6-21(13-22)31(43)39-23-14-35-18-36-15-23/h3-15,18H,16-17H2,1-2H3,(H,39,43)(H2,37,40,44). The lowest BCUT2D eigenvalue weighted by Crippen LogP contribution is -2.40. The number of aryl methyl sites for hydroxylation is 1. The fourth-order valence-electron chi connectivity index (χ4n) is 4.35. The topological polar surface area (TPSA) is 138 Å². The summed E-state index contributed by atoms with van der Waals surface area (Å²) in [6.07, 6.45) is 4.28. The molecule has 2 heterocycles. The average molecular weight is 645 g/mol. The van der Waals surface area contributed by atoms with Gasteiger partial charge in [-0.05, 0) is 49.4 Å². The number of carbonyl (C=O) groups is 3. The SMILES string of the molecule is Cc1ccc2cccc(OCc3c(Cl)ccc(N(C)C(=O)CNC(=O)Nc4cccc(C(=O)Nc5cncnc5)c4)c3Cl)c2n1. The van der Waals surface area contributed by atoms with Gasteiger partial charge >= 0.3 is 6.03 Å². The Kier molecular flexibility index (Phi) is 9.71. The van der Waals surface area contributed by atoms with Crippen LogP contribution in [0.15, 0.2) is 85.5 Å². The van der Waals surface area contributed by atoms with Gasteiger partial charge in [0.2, 0.25) is 5.91 Å². The Morgan fingerprint density at radius 2 is 1.69 bits per heavy atom. The van der Waals surface area contributed by atoms with Crippen LogP contribution in [0.1, 0.15) is 21.6 Å². The number of benzene rings is 3. The van der Waals surface area contributed by atoms with Gasteiger partial charge in [0, 0.05) is 40.0 Å². The highest BCUT2D eigenvalue weighted by atomic mass is 35.5. The number of fused-ring (bicyclic) bond motifs is 1. The fraction of sp³-hybridized carbons (Fsp3) is 0.125. The number of nitrogens with zero attached hydrogens (tertiary/aromatic N) is 4. The minimum absolute atomic E-state index is 0.0408. The van der Waals surface area contributed by atoms with E-state index in [0.717, 1.165) is 16.6 Å². The zero-order valence-corrected chi connectivity index (χ0v) is 25.7. The predicted octanol–water partition coefficient (Wildman–Crippen LogP) is 6.26. The molecule has 45 heavy (non-hydrogen) atoms. The van der Waals surface area contributed by atoms with Gasteiger partial charge in [-0.2, -0.15) is 0 Å². The lowest BCUT2D eigenvalue weighted by atomic mass is 10.1. The number of para-hydroxylation sites is 1. The third kappa shape index (κ3) is 7.64. The van der Waals surface area contributed by atoms with E-state index in [1.54, 1.807) is 37.4 Å². The first-order valence-corrected chi connectivity index (χ1v) is 14.4. The molecule has 0 saturated heterocycles. The summed E-state index contributed by atoms with van der Waals surface area (Å²) in [5, 5.41) is 9.36. The van der Waals surface area contributed by atoms with Gasteiger partial charge in [-0.3, -0.25) is 9.59 Å². The molecule has 0 spiro atoms. The molecule has 2 aromatic heterocycles. The number of hydrogen-bond acceptors (Lipinski definition) is 7. The Labute approximate surface area is 268 Å². The third-order valence-corrected chi connectivity index (χ3v) is 7.47. The Balaban J connectivity index is 1.19. The molecule has 11 nitrogen and oxygen atoms in total. The van der Waals surface area contributed by atoms with Gasteiger partial charge in [-0.25, -0.2) is 19.7 Å². The van der Waals surface area contributed by atoms with Crippen molar-refractivity contribution in [2.75, 3.05) is 29.1 Å². The molecule has 0 bridgehead atoms. The van der Waals surface area contributed by atoms with Gasteiger partial charge < -0.3 is 25.6 Å². The maximum Gasteiger partial charge on any atom is 0.319 e. The predicted molar refractivity (Wildman–Crippen MR) is 174 cm³/mol. The first kappa shape index (κ1) is 31.2. The van der Waals surface area contributed by atoms with Crippen LogP contribution in [0.4, 0.5) is 21.9 Å². The normalized spacial score (nSPS) is 10.7. The lowest BCUT2D eigenvalue weighted by molar-refractivity contribution is -0.117. The van der Waals surface area contributed by atoms with Crippen molar-refractivity contribution in [2.45, 2.75) is 13.5 Å². The first-order valence-electron chi connectivity index (χ1n) is 13.6. The molecule has 0 aliphatic carbocycles. The van der Waals surface area contributed by atoms with Crippen LogP contribution in [0.3, 0.4) is 0 Å². The number of urea groups is 1. The van der Waals surface area contributed by atoms with E-state index >= 15 is 0 Å². The number of pyridine rings is 1. The molecular formula is C32H27Cl2N7O4. The number of nitrogens with one attached hydrogen (secondary N) is 3. The van der Waals surface area contributed by atoms with Crippen molar-refractivity contribution in [2.24, 2.45) is 0 Å². The molecular weight excluding hydrogens is 617 g/mol. The second-order valence-corrected chi connectivity index (χ2v) is 10.6. The maximum atomic E-state index is 13.0. The molecule has 228 valence electrons. The number of halogens is 2. The van der Waals surface area contributed by atoms with Crippen molar-refractivity contribution in [3.63, 3.8) is 0 Å². The van der Waals surface area contributed by atoms with E-state index in [9.17, 15) is 14.4 Å². The summed E-state index contributed by atoms with van der Waals surface area (Å²) in [7, 11) is 1.54. The second-order valence-electron chi connectivity index (χ2n) is 9.85. The maximum absolute atomic E-state index is 13.0. The minimum atomic E-state index is -0.638. The number of rotatable bonds is 9. The minimum Gasteiger partial charge on any atom is -0.487 e. The van der Waals surface area contributed by atoms with Crippen molar-refractivity contribution < 1.29 is 19.1 Å². The van der Waals surface area contributed by atoms with Crippen LogP contribution in [-0.4, -0.2) is 46.4 Å². The highest BCUT2D eigenvalue weighted by Crippen LogP contribution is 2.35. The summed E-state index contributed by atoms with van der Waals surface area (Å²) in [6, 6.07) is 18.5. The number of carbonyl (C=O) groups excluding carboxylic acids is 3. The van der Waals surface area contributed by atoms with Gasteiger partial charge in [0.05, 0.1) is 35.3 Å². The largest absolute Gasteiger partial charge is 0.487 e. The second kappa shape index (κ2) is 14.0. The van der Waals surface area contributed by atoms with Gasteiger partial charge in [0.25, 0.3) is 5.91 Å². The molecule has 3 N–H and O–H groups in total. The van der Waals surface area contributed by atoms with Gasteiger partial charge in [0.15, 0.2) is 0 Å². The third-order valence-electron chi connectivity index (χ3n) is 6.70. The molecule has 5 aromatic rings. The quantitative estimate of drug-likeness (QED) is 0.172. The molecule has 3 aromatic carbocycles. The van der Waals surface area contributed by atoms with Gasteiger partial charge in [-0.15, -0.1) is 0 Å². The van der Waals surface area contributed by atoms with Crippen LogP contribution in [0.5, 0.6) is 5.75 Å². The van der Waals surface area contributed by atoms with Crippen LogP contribution in [0.2, 0.25) is 10.0 Å². The summed E-state index contributed by atoms with van der Waals surface area (Å²) in [5.41, 5.74) is 3.54. The zero-order valence-electron chi connectivity index (χ0n) is 24.2. The summed E-state index contributed by atoms with van der Waals surface area (Å²) in [6.45, 7) is 1.61. The van der Waals surface area contributed by atoms with E-state index in [2.05, 4.69) is 30.9 Å². The molecule has 5 rings (SSSR count). The van der Waals surface area contributed by atoms with Crippen molar-refractivity contribution in [1.82, 2.24) is 20.3 Å². The highest BCUT2D eigenvalue weighted by Gasteiger charge is 2.20. The van der Waals surface area contributed by atoms with E-state index in [1.807, 2.05) is 37.3 Å². The lowest BCUT2D eigenvalue weighted by Gasteiger charge is -2.21. The van der Waals surface area contributed by atoms with E-state index < -0.39 is 17.8 Å². The molecule has 0 radical (unpaired) electrons. The van der Waals surface area contributed by atoms with Gasteiger partial charge in [-0.1, -0.05) is 47.5 Å². The van der Waals surface area contributed by atoms with Crippen LogP contribution in [0, 0.1) is 6.92 Å². The number of amides is 4. The van der Waals surface area contributed by atoms with E-state index in [0.29, 0.717) is 39.0 Å². The Hall–Kier alpha value is -5.26. The Morgan fingerprint density at radius 3 is 2.49 bits per heavy atom. The van der Waals surface area contributed by atoms with Crippen LogP contribution >= 0.6 is 23.2 Å². The summed E-state index contributed by atoms with van der Waals surface area (Å²) >= 11 is 13.2. The molecule has 0 aliphatic heterocycles. The monoisotopic (exact) mass is 643 g/mol. The average Bonchev–Trinajstić information content (AvgIpc) is 3.04. The summed E-state index contributed by atoms with van der Waals surface area (Å²) < 4.78 is 6.07. The summed E-state index contributed by atoms with van der Waals surface area (Å²) in [4.78, 5) is 51.8. The number of ether oxygens (including phenoxy) is 1. The van der Waals surface area contributed by atoms with E-state index in [4.69, 9.17) is 27.9 Å². The molecule has 13 heteroatoms. The van der Waals surface area contributed by atoms with E-state index in [1.165, 1.54) is 29.7 Å². The first-order chi connectivity index (χ1) is 21.7. The van der Waals surface area contributed by atoms with Gasteiger partial charge in [0.1, 0.15) is 24.2 Å². The van der Waals surface area contributed by atoms with Crippen molar-refractivity contribution in [3.05, 3.63) is 112 Å². The molecule has 4 amide bonds. The number of likely N-dealkylation sites (N-methyl/N-ethyl adjacent to an activating group) is 1. The van der Waals surface area contributed by atoms with E-state index in [-0.39, 0.29) is 18.2 Å². The van der Waals surface area contributed by atoms with Crippen LogP contribution in [0.25, 0.3) is 10.9 Å². The van der Waals surface area contributed by atoms with Crippen LogP contribution in [-0.2, 0) is 11.4 Å². The molecule has 0 unspecified atom stereocenters.